The fourth-order valence-electron chi connectivity index (χ4n) is 4.23. The van der Waals surface area contributed by atoms with Gasteiger partial charge in [0, 0.05) is 32.4 Å². The number of carbonyl (C=O) groups is 3. The zero-order chi connectivity index (χ0) is 22.5. The second-order valence-electron chi connectivity index (χ2n) is 7.97. The van der Waals surface area contributed by atoms with Crippen LogP contribution in [0, 0.1) is 0 Å². The van der Waals surface area contributed by atoms with Gasteiger partial charge >= 0.3 is 5.97 Å². The minimum absolute atomic E-state index is 0.190. The lowest BCUT2D eigenvalue weighted by Gasteiger charge is -2.23. The zero-order valence-corrected chi connectivity index (χ0v) is 18.3. The first-order valence-corrected chi connectivity index (χ1v) is 11.1. The Kier molecular flexibility index (Phi) is 6.80. The van der Waals surface area contributed by atoms with Crippen LogP contribution in [-0.2, 0) is 4.74 Å². The van der Waals surface area contributed by atoms with Crippen LogP contribution in [0.3, 0.4) is 0 Å². The maximum Gasteiger partial charge on any atom is 0.339 e. The molecular weight excluding hydrogens is 408 g/mol. The lowest BCUT2D eigenvalue weighted by molar-refractivity contribution is 0.0524. The first kappa shape index (κ1) is 22.0. The molecule has 2 aromatic rings. The van der Waals surface area contributed by atoms with Gasteiger partial charge in [-0.05, 0) is 57.1 Å². The van der Waals surface area contributed by atoms with Crippen LogP contribution < -0.4 is 4.90 Å². The Balaban J connectivity index is 1.26. The number of carbonyl (C=O) groups excluding carboxylic acids is 3. The summed E-state index contributed by atoms with van der Waals surface area (Å²) >= 11 is 0. The van der Waals surface area contributed by atoms with Gasteiger partial charge in [0.05, 0.1) is 23.3 Å². The summed E-state index contributed by atoms with van der Waals surface area (Å²) in [7, 11) is 0. The third-order valence-electron chi connectivity index (χ3n) is 5.91. The highest BCUT2D eigenvalue weighted by atomic mass is 16.5. The van der Waals surface area contributed by atoms with Gasteiger partial charge in [0.15, 0.2) is 0 Å². The molecular formula is C24H28N4O4. The second-order valence-corrected chi connectivity index (χ2v) is 7.97. The maximum atomic E-state index is 12.5. The van der Waals surface area contributed by atoms with E-state index in [9.17, 15) is 14.4 Å². The minimum atomic E-state index is -0.355. The van der Waals surface area contributed by atoms with Gasteiger partial charge in [0.25, 0.3) is 11.8 Å². The third kappa shape index (κ3) is 4.65. The summed E-state index contributed by atoms with van der Waals surface area (Å²) < 4.78 is 5.01. The molecule has 0 atom stereocenters. The summed E-state index contributed by atoms with van der Waals surface area (Å²) in [6.07, 6.45) is 3.31. The lowest BCUT2D eigenvalue weighted by Crippen LogP contribution is -2.35. The molecule has 0 N–H and O–H groups in total. The Morgan fingerprint density at radius 2 is 1.72 bits per heavy atom. The molecule has 0 radical (unpaired) electrons. The minimum Gasteiger partial charge on any atom is -0.462 e. The first-order chi connectivity index (χ1) is 15.6. The van der Waals surface area contributed by atoms with E-state index in [2.05, 4.69) is 14.8 Å². The van der Waals surface area contributed by atoms with Crippen LogP contribution in [0.5, 0.6) is 0 Å². The van der Waals surface area contributed by atoms with Gasteiger partial charge < -0.3 is 14.5 Å². The number of benzene rings is 1. The fraction of sp³-hybridized carbons (Fsp3) is 0.417. The number of nitrogens with zero attached hydrogens (tertiary/aromatic N) is 4. The van der Waals surface area contributed by atoms with Gasteiger partial charge in [0.1, 0.15) is 5.82 Å². The van der Waals surface area contributed by atoms with Crippen molar-refractivity contribution in [2.75, 3.05) is 50.8 Å². The van der Waals surface area contributed by atoms with E-state index in [-0.39, 0.29) is 17.8 Å². The molecule has 0 saturated carbocycles. The largest absolute Gasteiger partial charge is 0.462 e. The van der Waals surface area contributed by atoms with Crippen LogP contribution in [-0.4, -0.2) is 78.4 Å². The molecule has 1 aromatic carbocycles. The second kappa shape index (κ2) is 9.91. The average Bonchev–Trinajstić information content (AvgIpc) is 2.96. The van der Waals surface area contributed by atoms with Crippen LogP contribution in [0.2, 0.25) is 0 Å². The molecule has 4 rings (SSSR count). The van der Waals surface area contributed by atoms with Crippen molar-refractivity contribution in [3.05, 3.63) is 59.3 Å². The molecule has 32 heavy (non-hydrogen) atoms. The van der Waals surface area contributed by atoms with Crippen molar-refractivity contribution in [1.29, 1.82) is 0 Å². The number of hydrogen-bond acceptors (Lipinski definition) is 7. The van der Waals surface area contributed by atoms with Crippen molar-refractivity contribution in [2.45, 2.75) is 19.8 Å². The molecule has 2 aliphatic rings. The number of imide groups is 1. The number of rotatable bonds is 7. The van der Waals surface area contributed by atoms with E-state index >= 15 is 0 Å². The monoisotopic (exact) mass is 436 g/mol. The van der Waals surface area contributed by atoms with Gasteiger partial charge in [-0.15, -0.1) is 0 Å². The molecule has 1 aromatic heterocycles. The smallest absolute Gasteiger partial charge is 0.339 e. The van der Waals surface area contributed by atoms with Gasteiger partial charge in [0.2, 0.25) is 0 Å². The molecule has 0 spiro atoms. The number of pyridine rings is 1. The maximum absolute atomic E-state index is 12.5. The van der Waals surface area contributed by atoms with E-state index in [0.717, 1.165) is 51.4 Å². The van der Waals surface area contributed by atoms with Crippen molar-refractivity contribution in [1.82, 2.24) is 14.8 Å². The van der Waals surface area contributed by atoms with Crippen molar-refractivity contribution in [3.63, 3.8) is 0 Å². The number of aromatic nitrogens is 1. The number of esters is 1. The Morgan fingerprint density at radius 1 is 0.969 bits per heavy atom. The highest BCUT2D eigenvalue weighted by Crippen LogP contribution is 2.22. The van der Waals surface area contributed by atoms with E-state index in [1.54, 1.807) is 43.5 Å². The summed E-state index contributed by atoms with van der Waals surface area (Å²) in [5.41, 5.74) is 1.47. The van der Waals surface area contributed by atoms with Gasteiger partial charge in [-0.1, -0.05) is 12.1 Å². The van der Waals surface area contributed by atoms with Crippen LogP contribution in [0.25, 0.3) is 0 Å². The predicted molar refractivity (Wildman–Crippen MR) is 120 cm³/mol. The molecule has 0 unspecified atom stereocenters. The number of ether oxygens (including phenoxy) is 1. The van der Waals surface area contributed by atoms with Gasteiger partial charge in [-0.25, -0.2) is 9.78 Å². The Morgan fingerprint density at radius 3 is 2.38 bits per heavy atom. The summed E-state index contributed by atoms with van der Waals surface area (Å²) in [6, 6.07) is 10.6. The molecule has 8 nitrogen and oxygen atoms in total. The molecule has 0 bridgehead atoms. The van der Waals surface area contributed by atoms with Crippen molar-refractivity contribution < 1.29 is 19.1 Å². The molecule has 168 valence electrons. The van der Waals surface area contributed by atoms with E-state index in [0.29, 0.717) is 29.8 Å². The summed E-state index contributed by atoms with van der Waals surface area (Å²) in [5, 5.41) is 0. The van der Waals surface area contributed by atoms with E-state index in [1.165, 1.54) is 4.90 Å². The van der Waals surface area contributed by atoms with E-state index in [1.807, 2.05) is 6.07 Å². The number of fused-ring (bicyclic) bond motifs is 1. The summed E-state index contributed by atoms with van der Waals surface area (Å²) in [5.74, 6) is 0.118. The quantitative estimate of drug-likeness (QED) is 0.487. The standard InChI is InChI=1S/C24H28N4O4/c1-2-32-24(31)18-9-10-21(25-17-18)27-13-5-11-26(15-16-27)12-6-14-28-22(29)19-7-3-4-8-20(19)23(28)30/h3-4,7-10,17H,2,5-6,11-16H2,1H3. The molecule has 2 amide bonds. The number of anilines is 1. The Hall–Kier alpha value is -3.26. The topological polar surface area (TPSA) is 83.0 Å². The highest BCUT2D eigenvalue weighted by Gasteiger charge is 2.34. The average molecular weight is 437 g/mol. The van der Waals surface area contributed by atoms with E-state index < -0.39 is 0 Å². The summed E-state index contributed by atoms with van der Waals surface area (Å²) in [6.45, 7) is 6.94. The number of hydrogen-bond donors (Lipinski definition) is 0. The van der Waals surface area contributed by atoms with Crippen LogP contribution >= 0.6 is 0 Å². The van der Waals surface area contributed by atoms with E-state index in [4.69, 9.17) is 4.74 Å². The van der Waals surface area contributed by atoms with Gasteiger partial charge in [-0.3, -0.25) is 14.5 Å². The highest BCUT2D eigenvalue weighted by molar-refractivity contribution is 6.21. The first-order valence-electron chi connectivity index (χ1n) is 11.1. The zero-order valence-electron chi connectivity index (χ0n) is 18.3. The Labute approximate surface area is 187 Å². The predicted octanol–water partition coefficient (Wildman–Crippen LogP) is 2.46. The van der Waals surface area contributed by atoms with Crippen LogP contribution in [0.4, 0.5) is 5.82 Å². The van der Waals surface area contributed by atoms with Crippen LogP contribution in [0.1, 0.15) is 50.8 Å². The molecule has 1 fully saturated rings. The molecule has 0 aliphatic carbocycles. The van der Waals surface area contributed by atoms with Crippen molar-refractivity contribution in [3.8, 4) is 0 Å². The number of amides is 2. The SMILES string of the molecule is CCOC(=O)c1ccc(N2CCCN(CCCN3C(=O)c4ccccc4C3=O)CC2)nc1. The fourth-order valence-corrected chi connectivity index (χ4v) is 4.23. The van der Waals surface area contributed by atoms with Crippen molar-refractivity contribution >= 4 is 23.6 Å². The van der Waals surface area contributed by atoms with Crippen molar-refractivity contribution in [2.24, 2.45) is 0 Å². The van der Waals surface area contributed by atoms with Gasteiger partial charge in [-0.2, -0.15) is 0 Å². The molecule has 2 aliphatic heterocycles. The lowest BCUT2D eigenvalue weighted by atomic mass is 10.1. The van der Waals surface area contributed by atoms with Crippen LogP contribution in [0.15, 0.2) is 42.6 Å². The normalized spacial score (nSPS) is 16.8. The molecule has 8 heteroatoms. The summed E-state index contributed by atoms with van der Waals surface area (Å²) in [4.78, 5) is 47.2. The Bertz CT molecular complexity index is 957. The third-order valence-corrected chi connectivity index (χ3v) is 5.91. The molecule has 3 heterocycles. The molecule has 1 saturated heterocycles.